The average Bonchev–Trinajstić information content (AvgIpc) is 1.99. The number of nitrogens with zero attached hydrogens (tertiary/aromatic N) is 1. The van der Waals surface area contributed by atoms with Crippen LogP contribution in [-0.4, -0.2) is 4.92 Å². The van der Waals surface area contributed by atoms with Gasteiger partial charge in [0.2, 0.25) is 11.6 Å². The minimum absolute atomic E-state index is 0.124. The molecule has 0 saturated carbocycles. The third-order valence-electron chi connectivity index (χ3n) is 1.53. The molecular formula is C7H2F5NO2. The molecule has 82 valence electrons. The van der Waals surface area contributed by atoms with Crippen molar-refractivity contribution in [3.8, 4) is 0 Å². The molecule has 0 amide bonds. The van der Waals surface area contributed by atoms with Gasteiger partial charge in [-0.15, -0.1) is 0 Å². The van der Waals surface area contributed by atoms with Crippen molar-refractivity contribution >= 4 is 5.69 Å². The summed E-state index contributed by atoms with van der Waals surface area (Å²) in [5.41, 5.74) is -3.20. The molecule has 0 radical (unpaired) electrons. The molecule has 15 heavy (non-hydrogen) atoms. The van der Waals surface area contributed by atoms with E-state index in [-0.39, 0.29) is 12.1 Å². The number of hydrogen-bond donors (Lipinski definition) is 0. The summed E-state index contributed by atoms with van der Waals surface area (Å²) in [5.74, 6) is -3.71. The van der Waals surface area contributed by atoms with Crippen LogP contribution in [0.2, 0.25) is 0 Å². The molecule has 1 aromatic carbocycles. The normalized spacial score (nSPS) is 11.5. The van der Waals surface area contributed by atoms with Crippen LogP contribution >= 0.6 is 0 Å². The summed E-state index contributed by atoms with van der Waals surface area (Å²) in [4.78, 5) is 8.62. The molecule has 3 nitrogen and oxygen atoms in total. The minimum atomic E-state index is -4.95. The highest BCUT2D eigenvalue weighted by Gasteiger charge is 2.34. The van der Waals surface area contributed by atoms with E-state index in [2.05, 4.69) is 0 Å². The van der Waals surface area contributed by atoms with E-state index < -0.39 is 34.0 Å². The Balaban J connectivity index is 3.39. The topological polar surface area (TPSA) is 43.1 Å². The van der Waals surface area contributed by atoms with Crippen molar-refractivity contribution < 1.29 is 26.9 Å². The smallest absolute Gasteiger partial charge is 0.258 e. The maximum atomic E-state index is 12.7. The third-order valence-corrected chi connectivity index (χ3v) is 1.53. The van der Waals surface area contributed by atoms with Gasteiger partial charge in [0.1, 0.15) is 0 Å². The monoisotopic (exact) mass is 227 g/mol. The highest BCUT2D eigenvalue weighted by Crippen LogP contribution is 2.33. The molecule has 0 bridgehead atoms. The SMILES string of the molecule is O=[N+]([O-])c1c(F)cc(C(F)(F)F)cc1F. The fourth-order valence-electron chi connectivity index (χ4n) is 0.904. The predicted octanol–water partition coefficient (Wildman–Crippen LogP) is 2.89. The summed E-state index contributed by atoms with van der Waals surface area (Å²) in [5, 5.41) is 10.0. The molecule has 0 N–H and O–H groups in total. The van der Waals surface area contributed by atoms with Crippen LogP contribution in [0.3, 0.4) is 0 Å². The lowest BCUT2D eigenvalue weighted by Crippen LogP contribution is -2.08. The van der Waals surface area contributed by atoms with Crippen molar-refractivity contribution in [3.63, 3.8) is 0 Å². The van der Waals surface area contributed by atoms with Gasteiger partial charge >= 0.3 is 11.9 Å². The highest BCUT2D eigenvalue weighted by atomic mass is 19.4. The van der Waals surface area contributed by atoms with Gasteiger partial charge in [0.05, 0.1) is 10.5 Å². The highest BCUT2D eigenvalue weighted by molar-refractivity contribution is 5.37. The third kappa shape index (κ3) is 2.20. The van der Waals surface area contributed by atoms with Crippen LogP contribution in [0.1, 0.15) is 5.56 Å². The summed E-state index contributed by atoms with van der Waals surface area (Å²) in [6.45, 7) is 0. The fraction of sp³-hybridized carbons (Fsp3) is 0.143. The van der Waals surface area contributed by atoms with Crippen molar-refractivity contribution in [2.45, 2.75) is 6.18 Å². The summed E-state index contributed by atoms with van der Waals surface area (Å²) in [6, 6.07) is -0.248. The summed E-state index contributed by atoms with van der Waals surface area (Å²) in [7, 11) is 0. The fourth-order valence-corrected chi connectivity index (χ4v) is 0.904. The van der Waals surface area contributed by atoms with E-state index in [1.165, 1.54) is 0 Å². The summed E-state index contributed by atoms with van der Waals surface area (Å²) >= 11 is 0. The Labute approximate surface area is 79.3 Å². The number of nitro groups is 1. The van der Waals surface area contributed by atoms with Gasteiger partial charge in [-0.05, 0) is 12.1 Å². The van der Waals surface area contributed by atoms with Crippen molar-refractivity contribution in [1.29, 1.82) is 0 Å². The van der Waals surface area contributed by atoms with E-state index in [0.29, 0.717) is 0 Å². The molecule has 0 aliphatic rings. The van der Waals surface area contributed by atoms with E-state index in [9.17, 15) is 32.1 Å². The van der Waals surface area contributed by atoms with Crippen LogP contribution in [0, 0.1) is 21.7 Å². The number of hydrogen-bond acceptors (Lipinski definition) is 2. The predicted molar refractivity (Wildman–Crippen MR) is 38.0 cm³/mol. The molecule has 0 aromatic heterocycles. The van der Waals surface area contributed by atoms with Crippen LogP contribution < -0.4 is 0 Å². The number of alkyl halides is 3. The molecule has 0 unspecified atom stereocenters. The molecule has 1 rings (SSSR count). The lowest BCUT2D eigenvalue weighted by atomic mass is 10.2. The molecule has 0 heterocycles. The van der Waals surface area contributed by atoms with Crippen molar-refractivity contribution in [2.24, 2.45) is 0 Å². The van der Waals surface area contributed by atoms with E-state index in [1.54, 1.807) is 0 Å². The van der Waals surface area contributed by atoms with Crippen molar-refractivity contribution in [1.82, 2.24) is 0 Å². The maximum Gasteiger partial charge on any atom is 0.416 e. The van der Waals surface area contributed by atoms with E-state index in [0.717, 1.165) is 0 Å². The molecule has 1 aromatic rings. The van der Waals surface area contributed by atoms with Crippen molar-refractivity contribution in [3.05, 3.63) is 39.4 Å². The quantitative estimate of drug-likeness (QED) is 0.420. The Kier molecular flexibility index (Phi) is 2.61. The molecule has 8 heteroatoms. The molecule has 0 spiro atoms. The second kappa shape index (κ2) is 3.44. The zero-order valence-electron chi connectivity index (χ0n) is 6.81. The van der Waals surface area contributed by atoms with Gasteiger partial charge in [-0.25, -0.2) is 0 Å². The van der Waals surface area contributed by atoms with Crippen molar-refractivity contribution in [2.75, 3.05) is 0 Å². The average molecular weight is 227 g/mol. The summed E-state index contributed by atoms with van der Waals surface area (Å²) in [6.07, 6.45) is -4.95. The first-order chi connectivity index (χ1) is 6.73. The van der Waals surface area contributed by atoms with Crippen LogP contribution in [0.25, 0.3) is 0 Å². The van der Waals surface area contributed by atoms with Crippen LogP contribution in [0.4, 0.5) is 27.6 Å². The maximum absolute atomic E-state index is 12.7. The van der Waals surface area contributed by atoms with Crippen LogP contribution in [-0.2, 0) is 6.18 Å². The number of halogens is 5. The van der Waals surface area contributed by atoms with E-state index >= 15 is 0 Å². The molecule has 0 saturated heterocycles. The Morgan fingerprint density at radius 1 is 1.13 bits per heavy atom. The van der Waals surface area contributed by atoms with Gasteiger partial charge in [-0.2, -0.15) is 22.0 Å². The van der Waals surface area contributed by atoms with Crippen LogP contribution in [0.5, 0.6) is 0 Å². The minimum Gasteiger partial charge on any atom is -0.258 e. The first-order valence-electron chi connectivity index (χ1n) is 3.44. The zero-order chi connectivity index (χ0) is 11.8. The standard InChI is InChI=1S/C7H2F5NO2/c8-4-1-3(7(10,11)12)2-5(9)6(4)13(14)15/h1-2H. The molecule has 0 fully saturated rings. The first-order valence-corrected chi connectivity index (χ1v) is 3.44. The van der Waals surface area contributed by atoms with Gasteiger partial charge in [0.15, 0.2) is 0 Å². The van der Waals surface area contributed by atoms with Gasteiger partial charge in [0.25, 0.3) is 0 Å². The van der Waals surface area contributed by atoms with Gasteiger partial charge in [0, 0.05) is 0 Å². The van der Waals surface area contributed by atoms with Gasteiger partial charge < -0.3 is 0 Å². The Bertz CT molecular complexity index is 391. The van der Waals surface area contributed by atoms with E-state index in [1.807, 2.05) is 0 Å². The Morgan fingerprint density at radius 2 is 1.53 bits per heavy atom. The lowest BCUT2D eigenvalue weighted by Gasteiger charge is -2.06. The largest absolute Gasteiger partial charge is 0.416 e. The number of benzene rings is 1. The lowest BCUT2D eigenvalue weighted by molar-refractivity contribution is -0.390. The second-order valence-corrected chi connectivity index (χ2v) is 2.54. The van der Waals surface area contributed by atoms with Crippen LogP contribution in [0.15, 0.2) is 12.1 Å². The molecule has 0 atom stereocenters. The molecule has 0 aliphatic heterocycles. The molecule has 0 aliphatic carbocycles. The Morgan fingerprint density at radius 3 is 1.80 bits per heavy atom. The second-order valence-electron chi connectivity index (χ2n) is 2.54. The number of nitro benzene ring substituents is 1. The molecular weight excluding hydrogens is 225 g/mol. The zero-order valence-corrected chi connectivity index (χ0v) is 6.81. The van der Waals surface area contributed by atoms with Gasteiger partial charge in [-0.1, -0.05) is 0 Å². The first kappa shape index (κ1) is 11.3. The number of rotatable bonds is 1. The summed E-state index contributed by atoms with van der Waals surface area (Å²) < 4.78 is 61.4. The Hall–Kier alpha value is -1.73. The van der Waals surface area contributed by atoms with E-state index in [4.69, 9.17) is 0 Å². The van der Waals surface area contributed by atoms with Gasteiger partial charge in [-0.3, -0.25) is 10.1 Å².